The fourth-order valence-electron chi connectivity index (χ4n) is 7.80. The van der Waals surface area contributed by atoms with Crippen LogP contribution in [0.4, 0.5) is 0 Å². The number of furan rings is 2. The molecular weight excluding hydrogens is 621 g/mol. The van der Waals surface area contributed by atoms with Gasteiger partial charge >= 0.3 is 0 Å². The molecule has 234 valence electrons. The van der Waals surface area contributed by atoms with Crippen molar-refractivity contribution < 1.29 is 8.83 Å². The molecule has 6 heterocycles. The molecule has 8 heteroatoms. The van der Waals surface area contributed by atoms with Crippen LogP contribution in [0.5, 0.6) is 0 Å². The van der Waals surface area contributed by atoms with Crippen molar-refractivity contribution in [2.24, 2.45) is 0 Å². The highest BCUT2D eigenvalue weighted by atomic mass is 16.3. The van der Waals surface area contributed by atoms with Crippen LogP contribution in [0.1, 0.15) is 0 Å². The first-order chi connectivity index (χ1) is 24.8. The molecule has 0 spiro atoms. The summed E-state index contributed by atoms with van der Waals surface area (Å²) in [6, 6.07) is 50.1. The molecule has 50 heavy (non-hydrogen) atoms. The number of imidazole rings is 4. The molecule has 8 nitrogen and oxygen atoms in total. The lowest BCUT2D eigenvalue weighted by Crippen LogP contribution is -1.94. The van der Waals surface area contributed by atoms with Gasteiger partial charge in [-0.05, 0) is 83.9 Å². The van der Waals surface area contributed by atoms with Gasteiger partial charge in [0.15, 0.2) is 0 Å². The molecule has 0 bridgehead atoms. The van der Waals surface area contributed by atoms with E-state index in [0.29, 0.717) is 0 Å². The first-order valence-electron chi connectivity index (χ1n) is 16.6. The third kappa shape index (κ3) is 3.29. The first kappa shape index (κ1) is 26.0. The van der Waals surface area contributed by atoms with Crippen LogP contribution < -0.4 is 0 Å². The summed E-state index contributed by atoms with van der Waals surface area (Å²) in [5, 5.41) is 1.94. The number of benzene rings is 6. The van der Waals surface area contributed by atoms with Crippen LogP contribution in [-0.4, -0.2) is 27.9 Å². The smallest absolute Gasteiger partial charge is 0.234 e. The number of nitrogens with zero attached hydrogens (tertiary/aromatic N) is 6. The normalized spacial score (nSPS) is 12.4. The molecule has 0 radical (unpaired) electrons. The summed E-state index contributed by atoms with van der Waals surface area (Å²) >= 11 is 0. The van der Waals surface area contributed by atoms with Gasteiger partial charge in [-0.15, -0.1) is 0 Å². The Hall–Kier alpha value is -7.06. The van der Waals surface area contributed by atoms with Crippen LogP contribution in [0.15, 0.2) is 154 Å². The Bertz CT molecular complexity index is 3090. The predicted octanol–water partition coefficient (Wildman–Crippen LogP) is 10.3. The van der Waals surface area contributed by atoms with Gasteiger partial charge in [0.2, 0.25) is 23.0 Å². The summed E-state index contributed by atoms with van der Waals surface area (Å²) in [6.07, 6.45) is 0. The number of hydrogen-bond donors (Lipinski definition) is 0. The number of hydrogen-bond acceptors (Lipinski definition) is 4. The van der Waals surface area contributed by atoms with Crippen LogP contribution in [-0.2, 0) is 0 Å². The molecule has 0 aliphatic carbocycles. The average molecular weight is 645 g/mol. The topological polar surface area (TPSA) is 70.7 Å². The summed E-state index contributed by atoms with van der Waals surface area (Å²) in [6.45, 7) is 0. The van der Waals surface area contributed by atoms with Crippen molar-refractivity contribution in [3.8, 4) is 22.5 Å². The second kappa shape index (κ2) is 9.30. The molecule has 0 amide bonds. The van der Waals surface area contributed by atoms with E-state index in [1.165, 1.54) is 0 Å². The predicted molar refractivity (Wildman–Crippen MR) is 198 cm³/mol. The zero-order chi connectivity index (χ0) is 32.5. The van der Waals surface area contributed by atoms with E-state index in [1.807, 2.05) is 24.3 Å². The maximum Gasteiger partial charge on any atom is 0.234 e. The molecule has 6 aromatic heterocycles. The molecule has 0 fully saturated rings. The fourth-order valence-corrected chi connectivity index (χ4v) is 7.80. The van der Waals surface area contributed by atoms with Crippen molar-refractivity contribution in [2.45, 2.75) is 0 Å². The largest absolute Gasteiger partial charge is 0.437 e. The minimum Gasteiger partial charge on any atom is -0.437 e. The average Bonchev–Trinajstić information content (AvgIpc) is 3.99. The molecule has 0 atom stereocenters. The van der Waals surface area contributed by atoms with Gasteiger partial charge in [-0.2, -0.15) is 0 Å². The van der Waals surface area contributed by atoms with E-state index in [9.17, 15) is 0 Å². The first-order valence-corrected chi connectivity index (χ1v) is 16.6. The second-order valence-corrected chi connectivity index (χ2v) is 12.7. The second-order valence-electron chi connectivity index (χ2n) is 12.7. The molecule has 0 unspecified atom stereocenters. The zero-order valence-electron chi connectivity index (χ0n) is 26.4. The standard InChI is InChI=1S/C42H24N6O2/c1-3-11-27(12-4-1)45-31-15-7-9-17-33(31)47-39-37(43-41(45)47)29-23-25(19-21-35(29)49-39)26-20-22-36-30(24-26)38-40(50-36)48-34-18-10-8-16-32(34)46(42(48)44-38)28-13-5-2-6-14-28/h1-24H. The molecular formula is C42H24N6O2. The molecule has 6 aromatic carbocycles. The lowest BCUT2D eigenvalue weighted by Gasteiger charge is -2.04. The Balaban J connectivity index is 1.06. The van der Waals surface area contributed by atoms with Crippen LogP contribution in [0, 0.1) is 0 Å². The van der Waals surface area contributed by atoms with E-state index in [0.717, 1.165) is 101 Å². The summed E-state index contributed by atoms with van der Waals surface area (Å²) in [5.74, 6) is 1.64. The number of fused-ring (bicyclic) bond motifs is 14. The van der Waals surface area contributed by atoms with E-state index in [4.69, 9.17) is 18.8 Å². The lowest BCUT2D eigenvalue weighted by atomic mass is 10.0. The van der Waals surface area contributed by atoms with Gasteiger partial charge < -0.3 is 8.83 Å². The van der Waals surface area contributed by atoms with Crippen molar-refractivity contribution in [3.63, 3.8) is 0 Å². The van der Waals surface area contributed by atoms with Crippen LogP contribution >= 0.6 is 0 Å². The quantitative estimate of drug-likeness (QED) is 0.192. The SMILES string of the molecule is c1ccc(-n2c3ccccc3n3c4oc5ccc(-c6ccc7oc8c(nc9n(-c%10ccccc%10)c%10ccccc%10n89)c7c6)cc5c4nc23)cc1. The van der Waals surface area contributed by atoms with Crippen molar-refractivity contribution in [2.75, 3.05) is 0 Å². The third-order valence-electron chi connectivity index (χ3n) is 10.0. The maximum atomic E-state index is 6.53. The van der Waals surface area contributed by atoms with Gasteiger partial charge in [-0.1, -0.05) is 72.8 Å². The fraction of sp³-hybridized carbons (Fsp3) is 0. The third-order valence-corrected chi connectivity index (χ3v) is 10.0. The van der Waals surface area contributed by atoms with Crippen LogP contribution in [0.2, 0.25) is 0 Å². The Kier molecular flexibility index (Phi) is 4.83. The van der Waals surface area contributed by atoms with Crippen molar-refractivity contribution in [1.29, 1.82) is 0 Å². The van der Waals surface area contributed by atoms with Crippen molar-refractivity contribution in [3.05, 3.63) is 146 Å². The number of rotatable bonds is 3. The molecule has 12 rings (SSSR count). The Morgan fingerprint density at radius 3 is 1.24 bits per heavy atom. The molecule has 0 saturated heterocycles. The van der Waals surface area contributed by atoms with Crippen LogP contribution in [0.25, 0.3) is 101 Å². The lowest BCUT2D eigenvalue weighted by molar-refractivity contribution is 0.651. The highest BCUT2D eigenvalue weighted by Crippen LogP contribution is 2.39. The minimum atomic E-state index is 0.737. The summed E-state index contributed by atoms with van der Waals surface area (Å²) < 4.78 is 21.7. The van der Waals surface area contributed by atoms with Gasteiger partial charge in [0, 0.05) is 22.1 Å². The highest BCUT2D eigenvalue weighted by Gasteiger charge is 2.24. The van der Waals surface area contributed by atoms with Gasteiger partial charge in [0.25, 0.3) is 0 Å². The van der Waals surface area contributed by atoms with E-state index >= 15 is 0 Å². The van der Waals surface area contributed by atoms with Gasteiger partial charge in [0.05, 0.1) is 22.1 Å². The zero-order valence-corrected chi connectivity index (χ0v) is 26.4. The molecule has 12 aromatic rings. The Labute approximate surface area is 282 Å². The summed E-state index contributed by atoms with van der Waals surface area (Å²) in [7, 11) is 0. The Morgan fingerprint density at radius 1 is 0.400 bits per heavy atom. The van der Waals surface area contributed by atoms with Crippen LogP contribution in [0.3, 0.4) is 0 Å². The van der Waals surface area contributed by atoms with E-state index in [2.05, 4.69) is 139 Å². The number of aromatic nitrogens is 6. The van der Waals surface area contributed by atoms with Crippen molar-refractivity contribution >= 4 is 78.0 Å². The number of para-hydroxylation sites is 6. The minimum absolute atomic E-state index is 0.737. The van der Waals surface area contributed by atoms with E-state index in [-0.39, 0.29) is 0 Å². The van der Waals surface area contributed by atoms with Gasteiger partial charge in [-0.25, -0.2) is 18.8 Å². The molecule has 0 aliphatic rings. The summed E-state index contributed by atoms with van der Waals surface area (Å²) in [5.41, 5.74) is 13.2. The highest BCUT2D eigenvalue weighted by molar-refractivity contribution is 6.08. The molecule has 0 N–H and O–H groups in total. The Morgan fingerprint density at radius 2 is 0.800 bits per heavy atom. The summed E-state index contributed by atoms with van der Waals surface area (Å²) in [4.78, 5) is 10.4. The van der Waals surface area contributed by atoms with Gasteiger partial charge in [0.1, 0.15) is 22.2 Å². The monoisotopic (exact) mass is 644 g/mol. The van der Waals surface area contributed by atoms with Crippen molar-refractivity contribution in [1.82, 2.24) is 27.9 Å². The maximum absolute atomic E-state index is 6.53. The van der Waals surface area contributed by atoms with E-state index in [1.54, 1.807) is 0 Å². The molecule has 0 aliphatic heterocycles. The molecule has 0 saturated carbocycles. The van der Waals surface area contributed by atoms with E-state index < -0.39 is 0 Å². The van der Waals surface area contributed by atoms with Gasteiger partial charge in [-0.3, -0.25) is 9.13 Å².